The Balaban J connectivity index is 2.55. The number of anilines is 1. The molecule has 0 spiro atoms. The predicted molar refractivity (Wildman–Crippen MR) is 54.5 cm³/mol. The predicted octanol–water partition coefficient (Wildman–Crippen LogP) is 0.872. The number of carboxylic acid groups (broad SMARTS) is 1. The van der Waals surface area contributed by atoms with Crippen LogP contribution >= 0.6 is 0 Å². The molecule has 0 radical (unpaired) electrons. The summed E-state index contributed by atoms with van der Waals surface area (Å²) in [5.41, 5.74) is 7.80. The van der Waals surface area contributed by atoms with Gasteiger partial charge in [0.25, 0.3) is 0 Å². The van der Waals surface area contributed by atoms with Gasteiger partial charge in [-0.3, -0.25) is 4.79 Å². The van der Waals surface area contributed by atoms with Crippen LogP contribution in [0.5, 0.6) is 0 Å². The lowest BCUT2D eigenvalue weighted by molar-refractivity contribution is -0.139. The number of nitrogens with two attached hydrogens (primary N) is 1. The van der Waals surface area contributed by atoms with E-state index in [0.717, 1.165) is 24.1 Å². The van der Waals surface area contributed by atoms with Crippen molar-refractivity contribution in [1.29, 1.82) is 0 Å². The first-order valence-corrected chi connectivity index (χ1v) is 4.95. The van der Waals surface area contributed by atoms with Crippen molar-refractivity contribution in [2.24, 2.45) is 0 Å². The zero-order chi connectivity index (χ0) is 11.0. The average Bonchev–Trinajstić information content (AvgIpc) is 2.16. The quantitative estimate of drug-likeness (QED) is 0.713. The van der Waals surface area contributed by atoms with Gasteiger partial charge in [-0.2, -0.15) is 0 Å². The SMILES string of the molecule is Cc1nc(N)nc2c1C(C(=O)O)CCC2. The highest BCUT2D eigenvalue weighted by atomic mass is 16.4. The summed E-state index contributed by atoms with van der Waals surface area (Å²) in [5.74, 6) is -1.03. The monoisotopic (exact) mass is 207 g/mol. The van der Waals surface area contributed by atoms with Crippen molar-refractivity contribution in [2.75, 3.05) is 5.73 Å². The van der Waals surface area contributed by atoms with Gasteiger partial charge in [0.2, 0.25) is 5.95 Å². The van der Waals surface area contributed by atoms with Crippen molar-refractivity contribution in [2.45, 2.75) is 32.1 Å². The summed E-state index contributed by atoms with van der Waals surface area (Å²) in [6.45, 7) is 1.79. The number of hydrogen-bond acceptors (Lipinski definition) is 4. The summed E-state index contributed by atoms with van der Waals surface area (Å²) in [4.78, 5) is 19.2. The molecule has 1 heterocycles. The largest absolute Gasteiger partial charge is 0.481 e. The van der Waals surface area contributed by atoms with E-state index in [1.54, 1.807) is 6.92 Å². The van der Waals surface area contributed by atoms with Gasteiger partial charge in [-0.05, 0) is 26.2 Å². The first-order chi connectivity index (χ1) is 7.09. The lowest BCUT2D eigenvalue weighted by atomic mass is 9.85. The summed E-state index contributed by atoms with van der Waals surface area (Å²) >= 11 is 0. The van der Waals surface area contributed by atoms with E-state index in [1.807, 2.05) is 0 Å². The Morgan fingerprint density at radius 1 is 1.53 bits per heavy atom. The molecule has 3 N–H and O–H groups in total. The Morgan fingerprint density at radius 2 is 2.27 bits per heavy atom. The number of carbonyl (C=O) groups is 1. The van der Waals surface area contributed by atoms with E-state index in [9.17, 15) is 4.79 Å². The van der Waals surface area contributed by atoms with Crippen molar-refractivity contribution < 1.29 is 9.90 Å². The fraction of sp³-hybridized carbons (Fsp3) is 0.500. The van der Waals surface area contributed by atoms with Crippen LogP contribution in [0.15, 0.2) is 0 Å². The molecule has 0 fully saturated rings. The van der Waals surface area contributed by atoms with Gasteiger partial charge >= 0.3 is 5.97 Å². The third-order valence-corrected chi connectivity index (χ3v) is 2.79. The number of aromatic nitrogens is 2. The number of aliphatic carboxylic acids is 1. The topological polar surface area (TPSA) is 89.1 Å². The lowest BCUT2D eigenvalue weighted by Crippen LogP contribution is -2.21. The molecule has 2 rings (SSSR count). The maximum absolute atomic E-state index is 11.1. The molecule has 1 unspecified atom stereocenters. The molecular weight excluding hydrogens is 194 g/mol. The molecule has 1 atom stereocenters. The summed E-state index contributed by atoms with van der Waals surface area (Å²) in [7, 11) is 0. The summed E-state index contributed by atoms with van der Waals surface area (Å²) in [5, 5.41) is 9.09. The number of nitrogen functional groups attached to an aromatic ring is 1. The first-order valence-electron chi connectivity index (χ1n) is 4.95. The molecule has 15 heavy (non-hydrogen) atoms. The van der Waals surface area contributed by atoms with Crippen molar-refractivity contribution in [3.63, 3.8) is 0 Å². The number of fused-ring (bicyclic) bond motifs is 1. The second-order valence-electron chi connectivity index (χ2n) is 3.81. The number of carboxylic acids is 1. The molecular formula is C10H13N3O2. The van der Waals surface area contributed by atoms with Crippen LogP contribution in [-0.4, -0.2) is 21.0 Å². The van der Waals surface area contributed by atoms with Crippen molar-refractivity contribution in [3.05, 3.63) is 17.0 Å². The van der Waals surface area contributed by atoms with E-state index in [2.05, 4.69) is 9.97 Å². The Hall–Kier alpha value is -1.65. The average molecular weight is 207 g/mol. The highest BCUT2D eigenvalue weighted by Crippen LogP contribution is 2.32. The van der Waals surface area contributed by atoms with Gasteiger partial charge < -0.3 is 10.8 Å². The van der Waals surface area contributed by atoms with E-state index in [-0.39, 0.29) is 5.95 Å². The molecule has 1 aliphatic rings. The van der Waals surface area contributed by atoms with Crippen molar-refractivity contribution in [3.8, 4) is 0 Å². The minimum atomic E-state index is -0.799. The summed E-state index contributed by atoms with van der Waals surface area (Å²) < 4.78 is 0. The Morgan fingerprint density at radius 3 is 2.93 bits per heavy atom. The highest BCUT2D eigenvalue weighted by Gasteiger charge is 2.29. The Labute approximate surface area is 87.4 Å². The highest BCUT2D eigenvalue weighted by molar-refractivity contribution is 5.77. The molecule has 5 heteroatoms. The van der Waals surface area contributed by atoms with Crippen LogP contribution in [0.2, 0.25) is 0 Å². The Bertz CT molecular complexity index is 417. The van der Waals surface area contributed by atoms with Gasteiger partial charge in [0.1, 0.15) is 0 Å². The van der Waals surface area contributed by atoms with Crippen LogP contribution < -0.4 is 5.73 Å². The summed E-state index contributed by atoms with van der Waals surface area (Å²) in [6.07, 6.45) is 2.31. The minimum absolute atomic E-state index is 0.234. The van der Waals surface area contributed by atoms with Crippen LogP contribution in [0.3, 0.4) is 0 Å². The molecule has 0 saturated carbocycles. The number of rotatable bonds is 1. The fourth-order valence-corrected chi connectivity index (χ4v) is 2.17. The van der Waals surface area contributed by atoms with E-state index in [0.29, 0.717) is 12.1 Å². The zero-order valence-corrected chi connectivity index (χ0v) is 8.53. The van der Waals surface area contributed by atoms with Crippen LogP contribution in [0.4, 0.5) is 5.95 Å². The van der Waals surface area contributed by atoms with Gasteiger partial charge in [-0.15, -0.1) is 0 Å². The molecule has 1 aromatic rings. The van der Waals surface area contributed by atoms with Crippen LogP contribution in [0, 0.1) is 6.92 Å². The van der Waals surface area contributed by atoms with Crippen LogP contribution in [0.25, 0.3) is 0 Å². The van der Waals surface area contributed by atoms with Gasteiger partial charge in [0.15, 0.2) is 0 Å². The van der Waals surface area contributed by atoms with E-state index >= 15 is 0 Å². The molecule has 0 saturated heterocycles. The van der Waals surface area contributed by atoms with Gasteiger partial charge in [-0.25, -0.2) is 9.97 Å². The van der Waals surface area contributed by atoms with E-state index < -0.39 is 11.9 Å². The number of nitrogens with zero attached hydrogens (tertiary/aromatic N) is 2. The van der Waals surface area contributed by atoms with Gasteiger partial charge in [0.05, 0.1) is 11.6 Å². The zero-order valence-electron chi connectivity index (χ0n) is 8.53. The maximum Gasteiger partial charge on any atom is 0.311 e. The molecule has 0 amide bonds. The van der Waals surface area contributed by atoms with E-state index in [1.165, 1.54) is 0 Å². The lowest BCUT2D eigenvalue weighted by Gasteiger charge is -2.22. The van der Waals surface area contributed by atoms with Crippen LogP contribution in [0.1, 0.15) is 35.7 Å². The standard InChI is InChI=1S/C10H13N3O2/c1-5-8-6(9(14)15)3-2-4-7(8)13-10(11)12-5/h6H,2-4H2,1H3,(H,14,15)(H2,11,12,13). The second kappa shape index (κ2) is 3.49. The van der Waals surface area contributed by atoms with Crippen molar-refractivity contribution >= 4 is 11.9 Å². The molecule has 0 aliphatic heterocycles. The molecule has 1 aromatic heterocycles. The number of hydrogen-bond donors (Lipinski definition) is 2. The third-order valence-electron chi connectivity index (χ3n) is 2.79. The molecule has 5 nitrogen and oxygen atoms in total. The fourth-order valence-electron chi connectivity index (χ4n) is 2.17. The first kappa shape index (κ1) is 9.89. The molecule has 80 valence electrons. The Kier molecular flexibility index (Phi) is 2.30. The smallest absolute Gasteiger partial charge is 0.311 e. The number of aryl methyl sites for hydroxylation is 2. The summed E-state index contributed by atoms with van der Waals surface area (Å²) in [6, 6.07) is 0. The van der Waals surface area contributed by atoms with Crippen molar-refractivity contribution in [1.82, 2.24) is 9.97 Å². The molecule has 1 aliphatic carbocycles. The second-order valence-corrected chi connectivity index (χ2v) is 3.81. The molecule has 0 aromatic carbocycles. The maximum atomic E-state index is 11.1. The normalized spacial score (nSPS) is 19.7. The van der Waals surface area contributed by atoms with Gasteiger partial charge in [-0.1, -0.05) is 0 Å². The van der Waals surface area contributed by atoms with E-state index in [4.69, 9.17) is 10.8 Å². The van der Waals surface area contributed by atoms with Crippen LogP contribution in [-0.2, 0) is 11.2 Å². The third kappa shape index (κ3) is 1.65. The van der Waals surface area contributed by atoms with Gasteiger partial charge in [0, 0.05) is 11.3 Å². The molecule has 0 bridgehead atoms. The minimum Gasteiger partial charge on any atom is -0.481 e.